The van der Waals surface area contributed by atoms with Gasteiger partial charge in [0.25, 0.3) is 0 Å². The van der Waals surface area contributed by atoms with Crippen molar-refractivity contribution in [3.8, 4) is 0 Å². The molecule has 0 aliphatic heterocycles. The highest BCUT2D eigenvalue weighted by Crippen LogP contribution is 2.16. The summed E-state index contributed by atoms with van der Waals surface area (Å²) >= 11 is 3.40. The lowest BCUT2D eigenvalue weighted by Crippen LogP contribution is -2.27. The summed E-state index contributed by atoms with van der Waals surface area (Å²) in [5, 5.41) is 3.16. The number of hydrogen-bond acceptors (Lipinski definition) is 3. The number of ether oxygens (including phenoxy) is 1. The van der Waals surface area contributed by atoms with Gasteiger partial charge in [-0.1, -0.05) is 41.4 Å². The van der Waals surface area contributed by atoms with E-state index < -0.39 is 0 Å². The van der Waals surface area contributed by atoms with Crippen LogP contribution in [-0.2, 0) is 9.53 Å². The molecular weight excluding hydrogens is 294 g/mol. The molecule has 0 saturated heterocycles. The number of benzene rings is 1. The fourth-order valence-corrected chi connectivity index (χ4v) is 1.75. The van der Waals surface area contributed by atoms with E-state index in [1.54, 1.807) is 0 Å². The summed E-state index contributed by atoms with van der Waals surface area (Å²) in [5.41, 5.74) is 1.15. The van der Waals surface area contributed by atoms with Crippen LogP contribution in [0.1, 0.15) is 38.3 Å². The largest absolute Gasteiger partial charge is 0.465 e. The molecule has 1 rings (SSSR count). The number of esters is 1. The van der Waals surface area contributed by atoms with Gasteiger partial charge in [-0.25, -0.2) is 0 Å². The molecule has 1 N–H and O–H groups in total. The standard InChI is InChI=1S/C14H20BrNO2/c1-3-4-9-18-14(17)10-16-11(2)12-5-7-13(15)8-6-12/h5-8,11,16H,3-4,9-10H2,1-2H3/t11-/m0/s1. The van der Waals surface area contributed by atoms with Crippen LogP contribution in [0.15, 0.2) is 28.7 Å². The predicted molar refractivity (Wildman–Crippen MR) is 76.4 cm³/mol. The molecule has 1 atom stereocenters. The zero-order valence-corrected chi connectivity index (χ0v) is 12.5. The minimum absolute atomic E-state index is 0.136. The summed E-state index contributed by atoms with van der Waals surface area (Å²) in [6, 6.07) is 8.19. The average molecular weight is 314 g/mol. The van der Waals surface area contributed by atoms with Crippen LogP contribution >= 0.6 is 15.9 Å². The second-order valence-corrected chi connectivity index (χ2v) is 5.14. The second kappa shape index (κ2) is 8.27. The van der Waals surface area contributed by atoms with Crippen LogP contribution in [0.5, 0.6) is 0 Å². The molecule has 0 radical (unpaired) electrons. The van der Waals surface area contributed by atoms with Gasteiger partial charge in [0.05, 0.1) is 13.2 Å². The molecule has 0 aromatic heterocycles. The van der Waals surface area contributed by atoms with Crippen LogP contribution in [0, 0.1) is 0 Å². The van der Waals surface area contributed by atoms with Crippen LogP contribution in [0.4, 0.5) is 0 Å². The van der Waals surface area contributed by atoms with Crippen LogP contribution in [0.3, 0.4) is 0 Å². The van der Waals surface area contributed by atoms with Crippen molar-refractivity contribution < 1.29 is 9.53 Å². The smallest absolute Gasteiger partial charge is 0.319 e. The van der Waals surface area contributed by atoms with Crippen molar-refractivity contribution in [1.82, 2.24) is 5.32 Å². The zero-order valence-electron chi connectivity index (χ0n) is 10.9. The van der Waals surface area contributed by atoms with Crippen molar-refractivity contribution in [2.24, 2.45) is 0 Å². The van der Waals surface area contributed by atoms with Crippen molar-refractivity contribution in [2.45, 2.75) is 32.7 Å². The number of halogens is 1. The molecule has 0 bridgehead atoms. The maximum absolute atomic E-state index is 11.4. The fourth-order valence-electron chi connectivity index (χ4n) is 1.49. The molecule has 0 unspecified atom stereocenters. The average Bonchev–Trinajstić information content (AvgIpc) is 2.37. The monoisotopic (exact) mass is 313 g/mol. The topological polar surface area (TPSA) is 38.3 Å². The van der Waals surface area contributed by atoms with Crippen LogP contribution in [0.25, 0.3) is 0 Å². The number of rotatable bonds is 7. The number of hydrogen-bond donors (Lipinski definition) is 1. The fraction of sp³-hybridized carbons (Fsp3) is 0.500. The van der Waals surface area contributed by atoms with E-state index in [2.05, 4.69) is 28.2 Å². The van der Waals surface area contributed by atoms with Crippen LogP contribution in [-0.4, -0.2) is 19.1 Å². The van der Waals surface area contributed by atoms with Gasteiger partial charge in [-0.15, -0.1) is 0 Å². The molecule has 1 aromatic rings. The van der Waals surface area contributed by atoms with E-state index in [4.69, 9.17) is 4.74 Å². The van der Waals surface area contributed by atoms with E-state index in [0.717, 1.165) is 22.9 Å². The lowest BCUT2D eigenvalue weighted by atomic mass is 10.1. The molecule has 1 aromatic carbocycles. The predicted octanol–water partition coefficient (Wildman–Crippen LogP) is 3.44. The van der Waals surface area contributed by atoms with E-state index in [9.17, 15) is 4.79 Å². The summed E-state index contributed by atoms with van der Waals surface area (Å²) in [4.78, 5) is 11.4. The van der Waals surface area contributed by atoms with Crippen molar-refractivity contribution in [1.29, 1.82) is 0 Å². The van der Waals surface area contributed by atoms with Gasteiger partial charge in [-0.05, 0) is 31.0 Å². The minimum atomic E-state index is -0.188. The molecular formula is C14H20BrNO2. The Hall–Kier alpha value is -0.870. The number of nitrogens with one attached hydrogen (secondary N) is 1. The van der Waals surface area contributed by atoms with Crippen LogP contribution in [0.2, 0.25) is 0 Å². The van der Waals surface area contributed by atoms with Gasteiger partial charge >= 0.3 is 5.97 Å². The van der Waals surface area contributed by atoms with E-state index in [1.807, 2.05) is 31.2 Å². The first-order valence-corrected chi connectivity index (χ1v) is 7.07. The maximum atomic E-state index is 11.4. The van der Waals surface area contributed by atoms with Gasteiger partial charge < -0.3 is 10.1 Å². The summed E-state index contributed by atoms with van der Waals surface area (Å²) < 4.78 is 6.13. The van der Waals surface area contributed by atoms with Crippen molar-refractivity contribution in [3.63, 3.8) is 0 Å². The van der Waals surface area contributed by atoms with E-state index in [-0.39, 0.29) is 18.6 Å². The molecule has 0 spiro atoms. The second-order valence-electron chi connectivity index (χ2n) is 4.23. The molecule has 0 aliphatic carbocycles. The van der Waals surface area contributed by atoms with E-state index in [1.165, 1.54) is 0 Å². The van der Waals surface area contributed by atoms with Gasteiger partial charge in [-0.3, -0.25) is 4.79 Å². The third-order valence-corrected chi connectivity index (χ3v) is 3.21. The Balaban J connectivity index is 2.30. The summed E-state index contributed by atoms with van der Waals surface area (Å²) in [6.45, 7) is 4.87. The molecule has 0 fully saturated rings. The minimum Gasteiger partial charge on any atom is -0.465 e. The molecule has 0 heterocycles. The van der Waals surface area contributed by atoms with Gasteiger partial charge in [0, 0.05) is 10.5 Å². The number of carbonyl (C=O) groups is 1. The Kier molecular flexibility index (Phi) is 6.98. The zero-order chi connectivity index (χ0) is 13.4. The van der Waals surface area contributed by atoms with Gasteiger partial charge in [0.15, 0.2) is 0 Å². The quantitative estimate of drug-likeness (QED) is 0.619. The van der Waals surface area contributed by atoms with Crippen molar-refractivity contribution in [3.05, 3.63) is 34.3 Å². The Morgan fingerprint density at radius 1 is 1.39 bits per heavy atom. The summed E-state index contributed by atoms with van der Waals surface area (Å²) in [6.07, 6.45) is 1.96. The van der Waals surface area contributed by atoms with Gasteiger partial charge in [0.2, 0.25) is 0 Å². The molecule has 0 saturated carbocycles. The van der Waals surface area contributed by atoms with Gasteiger partial charge in [0.1, 0.15) is 0 Å². The van der Waals surface area contributed by atoms with Crippen molar-refractivity contribution in [2.75, 3.05) is 13.2 Å². The maximum Gasteiger partial charge on any atom is 0.319 e. The van der Waals surface area contributed by atoms with Crippen molar-refractivity contribution >= 4 is 21.9 Å². The lowest BCUT2D eigenvalue weighted by molar-refractivity contribution is -0.142. The van der Waals surface area contributed by atoms with Gasteiger partial charge in [-0.2, -0.15) is 0 Å². The molecule has 4 heteroatoms. The molecule has 0 amide bonds. The first-order valence-electron chi connectivity index (χ1n) is 6.28. The molecule has 0 aliphatic rings. The first kappa shape index (κ1) is 15.2. The highest BCUT2D eigenvalue weighted by Gasteiger charge is 2.08. The Morgan fingerprint density at radius 3 is 2.67 bits per heavy atom. The normalized spacial score (nSPS) is 12.2. The molecule has 3 nitrogen and oxygen atoms in total. The molecule has 100 valence electrons. The molecule has 18 heavy (non-hydrogen) atoms. The van der Waals surface area contributed by atoms with E-state index in [0.29, 0.717) is 6.61 Å². The van der Waals surface area contributed by atoms with Crippen LogP contribution < -0.4 is 5.32 Å². The number of unbranched alkanes of at least 4 members (excludes halogenated alkanes) is 1. The summed E-state index contributed by atoms with van der Waals surface area (Å²) in [5.74, 6) is -0.188. The highest BCUT2D eigenvalue weighted by molar-refractivity contribution is 9.10. The third kappa shape index (κ3) is 5.65. The summed E-state index contributed by atoms with van der Waals surface area (Å²) in [7, 11) is 0. The Labute approximate surface area is 117 Å². The highest BCUT2D eigenvalue weighted by atomic mass is 79.9. The number of carbonyl (C=O) groups excluding carboxylic acids is 1. The Morgan fingerprint density at radius 2 is 2.06 bits per heavy atom. The van der Waals surface area contributed by atoms with E-state index >= 15 is 0 Å². The SMILES string of the molecule is CCCCOC(=O)CN[C@@H](C)c1ccc(Br)cc1. The Bertz CT molecular complexity index is 365. The first-order chi connectivity index (χ1) is 8.63. The lowest BCUT2D eigenvalue weighted by Gasteiger charge is -2.13. The third-order valence-electron chi connectivity index (χ3n) is 2.68.